The van der Waals surface area contributed by atoms with Gasteiger partial charge in [-0.3, -0.25) is 4.79 Å². The van der Waals surface area contributed by atoms with Crippen LogP contribution in [-0.2, 0) is 4.79 Å². The van der Waals surface area contributed by atoms with Gasteiger partial charge in [0.2, 0.25) is 5.91 Å². The van der Waals surface area contributed by atoms with E-state index in [-0.39, 0.29) is 18.4 Å². The quantitative estimate of drug-likeness (QED) is 0.865. The Bertz CT molecular complexity index is 458. The smallest absolute Gasteiger partial charge is 0.227 e. The van der Waals surface area contributed by atoms with Crippen LogP contribution in [-0.4, -0.2) is 12.5 Å². The Hall–Kier alpha value is -2.02. The van der Waals surface area contributed by atoms with Gasteiger partial charge in [-0.05, 0) is 43.0 Å². The molecule has 0 radical (unpaired) electrons. The Morgan fingerprint density at radius 3 is 2.72 bits per heavy atom. The van der Waals surface area contributed by atoms with Crippen molar-refractivity contribution in [2.45, 2.75) is 19.8 Å². The number of hydrogen-bond acceptors (Lipinski definition) is 3. The lowest BCUT2D eigenvalue weighted by atomic mass is 10.1. The molecule has 0 heterocycles. The summed E-state index contributed by atoms with van der Waals surface area (Å²) < 4.78 is 5.14. The van der Waals surface area contributed by atoms with Crippen molar-refractivity contribution in [2.24, 2.45) is 11.8 Å². The highest BCUT2D eigenvalue weighted by molar-refractivity contribution is 5.92. The predicted octanol–water partition coefficient (Wildman–Crippen LogP) is 2.57. The third-order valence-corrected chi connectivity index (χ3v) is 3.17. The van der Waals surface area contributed by atoms with Crippen LogP contribution in [0.2, 0.25) is 0 Å². The molecule has 1 aliphatic carbocycles. The highest BCUT2D eigenvalue weighted by atomic mass is 16.5. The summed E-state index contributed by atoms with van der Waals surface area (Å²) in [5, 5.41) is 11.3. The molecule has 0 aliphatic heterocycles. The fraction of sp³-hybridized carbons (Fsp3) is 0.429. The summed E-state index contributed by atoms with van der Waals surface area (Å²) in [6, 6.07) is 8.96. The number of nitriles is 1. The Balaban J connectivity index is 1.89. The van der Waals surface area contributed by atoms with Crippen LogP contribution in [0.3, 0.4) is 0 Å². The first-order valence-electron chi connectivity index (χ1n) is 6.11. The Labute approximate surface area is 107 Å². The first kappa shape index (κ1) is 12.4. The van der Waals surface area contributed by atoms with Gasteiger partial charge in [0.25, 0.3) is 0 Å². The number of hydrogen-bond donors (Lipinski definition) is 1. The fourth-order valence-corrected chi connectivity index (χ4v) is 1.82. The Morgan fingerprint density at radius 2 is 2.17 bits per heavy atom. The van der Waals surface area contributed by atoms with Crippen molar-refractivity contribution in [2.75, 3.05) is 11.9 Å². The van der Waals surface area contributed by atoms with E-state index in [0.29, 0.717) is 11.7 Å². The topological polar surface area (TPSA) is 62.1 Å². The monoisotopic (exact) mass is 244 g/mol. The number of carbonyl (C=O) groups excluding carboxylic acids is 1. The lowest BCUT2D eigenvalue weighted by Crippen LogP contribution is -2.21. The van der Waals surface area contributed by atoms with Crippen LogP contribution in [0, 0.1) is 23.2 Å². The van der Waals surface area contributed by atoms with Gasteiger partial charge < -0.3 is 10.1 Å². The van der Waals surface area contributed by atoms with Crippen molar-refractivity contribution in [1.82, 2.24) is 0 Å². The largest absolute Gasteiger partial charge is 0.479 e. The highest BCUT2D eigenvalue weighted by Crippen LogP contribution is 2.37. The molecule has 1 N–H and O–H groups in total. The number of benzene rings is 1. The molecule has 4 heteroatoms. The van der Waals surface area contributed by atoms with Gasteiger partial charge in [0.05, 0.1) is 0 Å². The van der Waals surface area contributed by atoms with Crippen molar-refractivity contribution in [1.29, 1.82) is 5.26 Å². The van der Waals surface area contributed by atoms with Gasteiger partial charge in [0.15, 0.2) is 6.61 Å². The van der Waals surface area contributed by atoms with Crippen LogP contribution in [0.1, 0.15) is 19.8 Å². The minimum absolute atomic E-state index is 0.0322. The fourth-order valence-electron chi connectivity index (χ4n) is 1.82. The molecule has 1 aromatic rings. The summed E-state index contributed by atoms with van der Waals surface area (Å²) in [7, 11) is 0. The average Bonchev–Trinajstić information content (AvgIpc) is 3.21. The number of ether oxygens (including phenoxy) is 1. The van der Waals surface area contributed by atoms with Gasteiger partial charge in [-0.2, -0.15) is 5.26 Å². The number of nitrogens with zero attached hydrogens (tertiary/aromatic N) is 1. The van der Waals surface area contributed by atoms with Crippen molar-refractivity contribution in [3.05, 3.63) is 24.3 Å². The average molecular weight is 244 g/mol. The van der Waals surface area contributed by atoms with Crippen molar-refractivity contribution in [3.63, 3.8) is 0 Å². The number of rotatable bonds is 5. The van der Waals surface area contributed by atoms with Crippen LogP contribution in [0.5, 0.6) is 5.75 Å². The second-order valence-electron chi connectivity index (χ2n) is 4.59. The van der Waals surface area contributed by atoms with E-state index >= 15 is 0 Å². The predicted molar refractivity (Wildman–Crippen MR) is 68.1 cm³/mol. The summed E-state index contributed by atoms with van der Waals surface area (Å²) >= 11 is 0. The minimum Gasteiger partial charge on any atom is -0.479 e. The molecule has 1 saturated carbocycles. The van der Waals surface area contributed by atoms with Crippen LogP contribution < -0.4 is 10.1 Å². The molecule has 0 saturated heterocycles. The maximum absolute atomic E-state index is 11.9. The molecule has 1 atom stereocenters. The highest BCUT2D eigenvalue weighted by Gasteiger charge is 2.32. The lowest BCUT2D eigenvalue weighted by Gasteiger charge is -2.11. The SMILES string of the molecule is CC(C(=O)Nc1ccc(OCC#N)cc1)C1CC1. The van der Waals surface area contributed by atoms with Crippen LogP contribution in [0.4, 0.5) is 5.69 Å². The van der Waals surface area contributed by atoms with Gasteiger partial charge in [-0.1, -0.05) is 6.92 Å². The van der Waals surface area contributed by atoms with Gasteiger partial charge in [-0.25, -0.2) is 0 Å². The molecule has 0 bridgehead atoms. The molecular weight excluding hydrogens is 228 g/mol. The Morgan fingerprint density at radius 1 is 1.50 bits per heavy atom. The van der Waals surface area contributed by atoms with E-state index in [4.69, 9.17) is 10.00 Å². The van der Waals surface area contributed by atoms with Gasteiger partial charge >= 0.3 is 0 Å². The molecule has 1 aliphatic rings. The van der Waals surface area contributed by atoms with Crippen LogP contribution in [0.15, 0.2) is 24.3 Å². The summed E-state index contributed by atoms with van der Waals surface area (Å²) in [6.07, 6.45) is 2.32. The Kier molecular flexibility index (Phi) is 3.83. The van der Waals surface area contributed by atoms with E-state index < -0.39 is 0 Å². The molecule has 18 heavy (non-hydrogen) atoms. The van der Waals surface area contributed by atoms with Gasteiger partial charge in [0.1, 0.15) is 11.8 Å². The zero-order chi connectivity index (χ0) is 13.0. The van der Waals surface area contributed by atoms with Gasteiger partial charge in [0, 0.05) is 11.6 Å². The van der Waals surface area contributed by atoms with E-state index in [2.05, 4.69) is 5.32 Å². The zero-order valence-electron chi connectivity index (χ0n) is 10.3. The number of carbonyl (C=O) groups is 1. The third kappa shape index (κ3) is 3.24. The van der Waals surface area contributed by atoms with Gasteiger partial charge in [-0.15, -0.1) is 0 Å². The van der Waals surface area contributed by atoms with Crippen molar-refractivity contribution in [3.8, 4) is 11.8 Å². The lowest BCUT2D eigenvalue weighted by molar-refractivity contribution is -0.119. The molecule has 0 spiro atoms. The first-order valence-corrected chi connectivity index (χ1v) is 6.11. The molecular formula is C14H16N2O2. The maximum atomic E-state index is 11.9. The van der Waals surface area contributed by atoms with E-state index in [1.165, 1.54) is 0 Å². The molecule has 1 fully saturated rings. The molecule has 1 aromatic carbocycles. The molecule has 94 valence electrons. The van der Waals surface area contributed by atoms with Crippen LogP contribution in [0.25, 0.3) is 0 Å². The van der Waals surface area contributed by atoms with E-state index in [9.17, 15) is 4.79 Å². The number of nitrogens with one attached hydrogen (secondary N) is 1. The standard InChI is InChI=1S/C14H16N2O2/c1-10(11-2-3-11)14(17)16-12-4-6-13(7-5-12)18-9-8-15/h4-7,10-11H,2-3,9H2,1H3,(H,16,17). The first-order chi connectivity index (χ1) is 8.70. The molecule has 2 rings (SSSR count). The van der Waals surface area contributed by atoms with Crippen molar-refractivity contribution < 1.29 is 9.53 Å². The number of amides is 1. The molecule has 4 nitrogen and oxygen atoms in total. The molecule has 1 unspecified atom stereocenters. The van der Waals surface area contributed by atoms with Crippen LogP contribution >= 0.6 is 0 Å². The summed E-state index contributed by atoms with van der Waals surface area (Å²) in [6.45, 7) is 2.00. The molecule has 1 amide bonds. The number of anilines is 1. The van der Waals surface area contributed by atoms with E-state index in [1.54, 1.807) is 24.3 Å². The normalized spacial score (nSPS) is 15.6. The van der Waals surface area contributed by atoms with E-state index in [0.717, 1.165) is 18.5 Å². The summed E-state index contributed by atoms with van der Waals surface area (Å²) in [5.41, 5.74) is 0.761. The maximum Gasteiger partial charge on any atom is 0.227 e. The zero-order valence-corrected chi connectivity index (χ0v) is 10.3. The third-order valence-electron chi connectivity index (χ3n) is 3.17. The summed E-state index contributed by atoms with van der Waals surface area (Å²) in [5.74, 6) is 1.34. The van der Waals surface area contributed by atoms with E-state index in [1.807, 2.05) is 13.0 Å². The molecule has 0 aromatic heterocycles. The van der Waals surface area contributed by atoms with Crippen molar-refractivity contribution >= 4 is 11.6 Å². The second kappa shape index (κ2) is 5.54. The second-order valence-corrected chi connectivity index (χ2v) is 4.59. The summed E-state index contributed by atoms with van der Waals surface area (Å²) in [4.78, 5) is 11.9. The minimum atomic E-state index is 0.0322.